The zero-order valence-corrected chi connectivity index (χ0v) is 26.2. The molecule has 11 nitrogen and oxygen atoms in total. The molecule has 0 saturated carbocycles. The Morgan fingerprint density at radius 2 is 1.93 bits per heavy atom. The Hall–Kier alpha value is -4.15. The second-order valence-electron chi connectivity index (χ2n) is 12.7. The number of nitrogens with one attached hydrogen (secondary N) is 1. The molecule has 1 saturated heterocycles. The molecule has 1 N–H and O–H groups in total. The van der Waals surface area contributed by atoms with E-state index in [1.54, 1.807) is 18.7 Å². The Kier molecular flexibility index (Phi) is 10.5. The monoisotopic (exact) mass is 609 g/mol. The number of hydrogen-bond donors (Lipinski definition) is 1. The lowest BCUT2D eigenvalue weighted by molar-refractivity contribution is -0.151. The molecule has 1 aromatic rings. The van der Waals surface area contributed by atoms with Crippen molar-refractivity contribution in [2.45, 2.75) is 91.1 Å². The first-order valence-corrected chi connectivity index (χ1v) is 15.1. The van der Waals surface area contributed by atoms with E-state index >= 15 is 0 Å². The van der Waals surface area contributed by atoms with Crippen molar-refractivity contribution >= 4 is 35.9 Å². The molecule has 3 amide bonds. The second-order valence-corrected chi connectivity index (χ2v) is 12.7. The Balaban J connectivity index is 1.62. The topological polar surface area (TPSA) is 132 Å². The zero-order chi connectivity index (χ0) is 32.0. The van der Waals surface area contributed by atoms with Gasteiger partial charge in [0.1, 0.15) is 18.2 Å². The summed E-state index contributed by atoms with van der Waals surface area (Å²) >= 11 is 0. The summed E-state index contributed by atoms with van der Waals surface area (Å²) in [5, 5.41) is 2.62. The van der Waals surface area contributed by atoms with E-state index in [1.807, 2.05) is 32.0 Å². The van der Waals surface area contributed by atoms with Gasteiger partial charge >= 0.3 is 18.2 Å². The van der Waals surface area contributed by atoms with Crippen molar-refractivity contribution in [3.05, 3.63) is 52.6 Å². The fourth-order valence-corrected chi connectivity index (χ4v) is 5.78. The number of fused-ring (bicyclic) bond motifs is 3. The van der Waals surface area contributed by atoms with Gasteiger partial charge in [-0.25, -0.2) is 14.4 Å². The fourth-order valence-electron chi connectivity index (χ4n) is 5.78. The maximum absolute atomic E-state index is 13.9. The number of carbonyl (C=O) groups is 5. The number of ether oxygens (including phenoxy) is 3. The normalized spacial score (nSPS) is 23.8. The quantitative estimate of drug-likeness (QED) is 0.293. The number of hydrogen-bond acceptors (Lipinski definition) is 8. The molecule has 238 valence electrons. The summed E-state index contributed by atoms with van der Waals surface area (Å²) in [6.45, 7) is 8.41. The van der Waals surface area contributed by atoms with Gasteiger partial charge in [0.25, 0.3) is 0 Å². The van der Waals surface area contributed by atoms with Gasteiger partial charge in [-0.1, -0.05) is 49.8 Å². The molecule has 3 aliphatic rings. The molecule has 1 fully saturated rings. The number of ketones is 1. The Morgan fingerprint density at radius 1 is 1.16 bits per heavy atom. The molecule has 0 aliphatic carbocycles. The number of amides is 3. The molecule has 0 radical (unpaired) electrons. The zero-order valence-electron chi connectivity index (χ0n) is 26.2. The van der Waals surface area contributed by atoms with Crippen LogP contribution >= 0.6 is 0 Å². The number of alkyl carbamates (subject to hydrolysis) is 1. The Bertz CT molecular complexity index is 1350. The molecule has 4 bridgehead atoms. The van der Waals surface area contributed by atoms with Crippen LogP contribution in [0.4, 0.5) is 9.59 Å². The lowest BCUT2D eigenvalue weighted by Crippen LogP contribution is -2.52. The number of esters is 1. The number of benzene rings is 1. The van der Waals surface area contributed by atoms with Gasteiger partial charge < -0.3 is 24.4 Å². The number of rotatable bonds is 5. The SMILES string of the molecule is COC(=O)[C@@H]1C[C@@H]2CN1C(=O)[C@H](CCC(=O)C=C(C)C)NC(=O)OCC(C)(C)CCC=Cc1cccc3c1CN(C3)C(=O)O2. The summed E-state index contributed by atoms with van der Waals surface area (Å²) in [6, 6.07) is 3.79. The average Bonchev–Trinajstić information content (AvgIpc) is 3.60. The number of allylic oxidation sites excluding steroid dienone is 3. The van der Waals surface area contributed by atoms with Crippen LogP contribution in [0.5, 0.6) is 0 Å². The van der Waals surface area contributed by atoms with E-state index in [0.29, 0.717) is 13.1 Å². The van der Waals surface area contributed by atoms with Gasteiger partial charge in [-0.15, -0.1) is 0 Å². The Morgan fingerprint density at radius 3 is 2.66 bits per heavy atom. The minimum Gasteiger partial charge on any atom is -0.467 e. The van der Waals surface area contributed by atoms with Crippen molar-refractivity contribution in [2.24, 2.45) is 5.41 Å². The van der Waals surface area contributed by atoms with Crippen LogP contribution in [0.25, 0.3) is 6.08 Å². The van der Waals surface area contributed by atoms with Crippen molar-refractivity contribution in [3.63, 3.8) is 0 Å². The first-order chi connectivity index (χ1) is 20.9. The third-order valence-corrected chi connectivity index (χ3v) is 8.16. The standard InChI is InChI=1S/C33H43N3O8/c1-21(2)15-24(37)12-13-27-29(38)36-18-25(16-28(36)30(39)42-5)44-32(41)35-17-23-11-8-10-22(26(23)19-35)9-6-7-14-33(3,4)20-43-31(40)34-27/h6,8-11,15,25,27-28H,7,12-14,16-20H2,1-5H3,(H,34,40)/t25-,27+,28+/m1/s1. The largest absolute Gasteiger partial charge is 0.467 e. The van der Waals surface area contributed by atoms with E-state index in [2.05, 4.69) is 17.5 Å². The second kappa shape index (κ2) is 14.1. The van der Waals surface area contributed by atoms with Crippen molar-refractivity contribution in [2.75, 3.05) is 20.3 Å². The molecule has 3 atom stereocenters. The number of nitrogens with zero attached hydrogens (tertiary/aromatic N) is 2. The molecule has 3 heterocycles. The van der Waals surface area contributed by atoms with Crippen molar-refractivity contribution in [1.82, 2.24) is 15.1 Å². The average molecular weight is 610 g/mol. The fraction of sp³-hybridized carbons (Fsp3) is 0.545. The van der Waals surface area contributed by atoms with Crippen LogP contribution in [-0.4, -0.2) is 78.1 Å². The summed E-state index contributed by atoms with van der Waals surface area (Å²) in [5.41, 5.74) is 3.58. The molecule has 0 aromatic heterocycles. The third kappa shape index (κ3) is 8.27. The first-order valence-electron chi connectivity index (χ1n) is 15.1. The van der Waals surface area contributed by atoms with Gasteiger partial charge in [-0.3, -0.25) is 14.5 Å². The lowest BCUT2D eigenvalue weighted by atomic mass is 9.88. The predicted molar refractivity (Wildman–Crippen MR) is 162 cm³/mol. The molecular weight excluding hydrogens is 566 g/mol. The van der Waals surface area contributed by atoms with Gasteiger partial charge in [-0.05, 0) is 61.3 Å². The highest BCUT2D eigenvalue weighted by molar-refractivity contribution is 5.93. The number of methoxy groups -OCH3 is 1. The van der Waals surface area contributed by atoms with E-state index in [-0.39, 0.29) is 43.6 Å². The summed E-state index contributed by atoms with van der Waals surface area (Å²) in [4.78, 5) is 68.2. The maximum atomic E-state index is 13.9. The third-order valence-electron chi connectivity index (χ3n) is 8.16. The molecule has 1 aromatic carbocycles. The van der Waals surface area contributed by atoms with E-state index in [4.69, 9.17) is 14.2 Å². The summed E-state index contributed by atoms with van der Waals surface area (Å²) in [7, 11) is 1.22. The highest BCUT2D eigenvalue weighted by Crippen LogP contribution is 2.30. The van der Waals surface area contributed by atoms with Gasteiger partial charge in [0.15, 0.2) is 5.78 Å². The first kappa shape index (κ1) is 32.8. The minimum atomic E-state index is -1.15. The maximum Gasteiger partial charge on any atom is 0.410 e. The van der Waals surface area contributed by atoms with Gasteiger partial charge in [0.2, 0.25) is 5.91 Å². The van der Waals surface area contributed by atoms with Crippen LogP contribution in [0.2, 0.25) is 0 Å². The Labute approximate surface area is 258 Å². The van der Waals surface area contributed by atoms with Crippen LogP contribution in [0.15, 0.2) is 35.9 Å². The molecular formula is C33H43N3O8. The molecule has 0 unspecified atom stereocenters. The van der Waals surface area contributed by atoms with Gasteiger partial charge in [0, 0.05) is 19.4 Å². The minimum absolute atomic E-state index is 0.00600. The van der Waals surface area contributed by atoms with Crippen LogP contribution < -0.4 is 5.32 Å². The van der Waals surface area contributed by atoms with E-state index in [1.165, 1.54) is 18.1 Å². The van der Waals surface area contributed by atoms with Crippen LogP contribution in [0, 0.1) is 5.41 Å². The highest BCUT2D eigenvalue weighted by Gasteiger charge is 2.45. The van der Waals surface area contributed by atoms with Crippen molar-refractivity contribution < 1.29 is 38.2 Å². The predicted octanol–water partition coefficient (Wildman–Crippen LogP) is 4.52. The lowest BCUT2D eigenvalue weighted by Gasteiger charge is -2.28. The van der Waals surface area contributed by atoms with Gasteiger partial charge in [-0.2, -0.15) is 0 Å². The molecule has 44 heavy (non-hydrogen) atoms. The van der Waals surface area contributed by atoms with Crippen LogP contribution in [0.3, 0.4) is 0 Å². The molecule has 11 heteroatoms. The van der Waals surface area contributed by atoms with Crippen LogP contribution in [-0.2, 0) is 41.7 Å². The smallest absolute Gasteiger partial charge is 0.410 e. The summed E-state index contributed by atoms with van der Waals surface area (Å²) in [5.74, 6) is -1.44. The number of carbonyl (C=O) groups excluding carboxylic acids is 5. The molecule has 0 spiro atoms. The summed E-state index contributed by atoms with van der Waals surface area (Å²) in [6.07, 6.45) is 5.01. The summed E-state index contributed by atoms with van der Waals surface area (Å²) < 4.78 is 16.3. The molecule has 3 aliphatic heterocycles. The van der Waals surface area contributed by atoms with Gasteiger partial charge in [0.05, 0.1) is 26.8 Å². The van der Waals surface area contributed by atoms with Crippen molar-refractivity contribution in [3.8, 4) is 0 Å². The molecule has 4 rings (SSSR count). The van der Waals surface area contributed by atoms with E-state index < -0.39 is 42.3 Å². The highest BCUT2D eigenvalue weighted by atomic mass is 16.6. The van der Waals surface area contributed by atoms with Crippen molar-refractivity contribution in [1.29, 1.82) is 0 Å². The van der Waals surface area contributed by atoms with Crippen LogP contribution in [0.1, 0.15) is 76.5 Å². The number of cyclic esters (lactones) is 1. The van der Waals surface area contributed by atoms with E-state index in [0.717, 1.165) is 35.1 Å². The van der Waals surface area contributed by atoms with E-state index in [9.17, 15) is 24.0 Å².